The lowest BCUT2D eigenvalue weighted by atomic mass is 9.68. The van der Waals surface area contributed by atoms with E-state index >= 15 is 0 Å². The van der Waals surface area contributed by atoms with Gasteiger partial charge in [0.2, 0.25) is 5.75 Å². The molecule has 200 valence electrons. The summed E-state index contributed by atoms with van der Waals surface area (Å²) in [7, 11) is 1.54. The summed E-state index contributed by atoms with van der Waals surface area (Å²) in [5, 5.41) is 28.4. The summed E-state index contributed by atoms with van der Waals surface area (Å²) in [6.07, 6.45) is 0.822. The van der Waals surface area contributed by atoms with Gasteiger partial charge in [0.25, 0.3) is 5.91 Å². The molecule has 38 heavy (non-hydrogen) atoms. The van der Waals surface area contributed by atoms with Crippen molar-refractivity contribution in [2.45, 2.75) is 46.5 Å². The normalized spacial score (nSPS) is 18.4. The summed E-state index contributed by atoms with van der Waals surface area (Å²) in [6, 6.07) is 9.47. The molecule has 1 aliphatic heterocycles. The van der Waals surface area contributed by atoms with Gasteiger partial charge < -0.3 is 25.2 Å². The zero-order chi connectivity index (χ0) is 27.8. The van der Waals surface area contributed by atoms with Crippen molar-refractivity contribution < 1.29 is 29.1 Å². The van der Waals surface area contributed by atoms with Gasteiger partial charge >= 0.3 is 5.69 Å². The Kier molecular flexibility index (Phi) is 7.17. The van der Waals surface area contributed by atoms with Crippen molar-refractivity contribution in [3.8, 4) is 17.2 Å². The Morgan fingerprint density at radius 1 is 1.24 bits per heavy atom. The minimum Gasteiger partial charge on any atom is -0.500 e. The standard InChI is InChI=1S/C28H31N3O7/c1-6-38-22-12-16(11-20(26(22)33)31(35)36)24-23(27(34)30-17-7-9-18(37-5)10-8-17)15(2)29-19-13-28(3,4)14-21(32)25(19)24/h7-12,24,29,33H,6,13-14H2,1-5H3,(H,30,34)/t24-/m0/s1. The van der Waals surface area contributed by atoms with E-state index in [-0.39, 0.29) is 35.5 Å². The molecule has 0 aromatic heterocycles. The molecule has 0 saturated heterocycles. The number of ketones is 1. The Hall–Kier alpha value is -4.34. The number of carbonyl (C=O) groups is 2. The number of Topliss-reactive ketones (excluding diaryl/α,β-unsaturated/α-hetero) is 1. The monoisotopic (exact) mass is 521 g/mol. The van der Waals surface area contributed by atoms with E-state index in [1.165, 1.54) is 12.1 Å². The van der Waals surface area contributed by atoms with Crippen LogP contribution >= 0.6 is 0 Å². The number of carbonyl (C=O) groups excluding carboxylic acids is 2. The summed E-state index contributed by atoms with van der Waals surface area (Å²) in [4.78, 5) is 38.4. The Balaban J connectivity index is 1.88. The van der Waals surface area contributed by atoms with Gasteiger partial charge in [-0.05, 0) is 61.6 Å². The highest BCUT2D eigenvalue weighted by atomic mass is 16.6. The molecule has 0 radical (unpaired) electrons. The van der Waals surface area contributed by atoms with Gasteiger partial charge in [-0.3, -0.25) is 19.7 Å². The van der Waals surface area contributed by atoms with Gasteiger partial charge in [-0.2, -0.15) is 0 Å². The molecule has 1 atom stereocenters. The number of ether oxygens (including phenoxy) is 2. The van der Waals surface area contributed by atoms with Crippen LogP contribution in [0.1, 0.15) is 52.0 Å². The van der Waals surface area contributed by atoms with Crippen LogP contribution in [0, 0.1) is 15.5 Å². The average Bonchev–Trinajstić information content (AvgIpc) is 2.84. The van der Waals surface area contributed by atoms with E-state index in [0.29, 0.717) is 40.4 Å². The first kappa shape index (κ1) is 26.7. The first-order valence-electron chi connectivity index (χ1n) is 12.3. The second-order valence-corrected chi connectivity index (χ2v) is 10.2. The third kappa shape index (κ3) is 5.06. The number of nitrogens with zero attached hydrogens (tertiary/aromatic N) is 1. The van der Waals surface area contributed by atoms with Gasteiger partial charge in [-0.1, -0.05) is 13.8 Å². The SMILES string of the molecule is CCOc1cc([C@H]2C(C(=O)Nc3ccc(OC)cc3)=C(C)NC3=C2C(=O)CC(C)(C)C3)cc([N+](=O)[O-])c1O. The van der Waals surface area contributed by atoms with Crippen LogP contribution in [0.2, 0.25) is 0 Å². The largest absolute Gasteiger partial charge is 0.500 e. The van der Waals surface area contributed by atoms with E-state index in [1.807, 2.05) is 13.8 Å². The molecule has 3 N–H and O–H groups in total. The summed E-state index contributed by atoms with van der Waals surface area (Å²) in [5.74, 6) is -1.60. The summed E-state index contributed by atoms with van der Waals surface area (Å²) in [5.41, 5.74) is 1.79. The second kappa shape index (κ2) is 10.2. The molecular weight excluding hydrogens is 490 g/mol. The number of phenols is 1. The number of nitro benzene ring substituents is 1. The smallest absolute Gasteiger partial charge is 0.314 e. The lowest BCUT2D eigenvalue weighted by molar-refractivity contribution is -0.386. The molecule has 0 spiro atoms. The van der Waals surface area contributed by atoms with E-state index in [4.69, 9.17) is 9.47 Å². The molecule has 10 heteroatoms. The Bertz CT molecular complexity index is 1370. The Labute approximate surface area is 220 Å². The van der Waals surface area contributed by atoms with Gasteiger partial charge in [0.15, 0.2) is 11.5 Å². The molecular formula is C28H31N3O7. The molecule has 2 aromatic carbocycles. The molecule has 2 aromatic rings. The van der Waals surface area contributed by atoms with Crippen molar-refractivity contribution in [1.29, 1.82) is 0 Å². The molecule has 0 bridgehead atoms. The van der Waals surface area contributed by atoms with E-state index in [9.17, 15) is 24.8 Å². The molecule has 10 nitrogen and oxygen atoms in total. The second-order valence-electron chi connectivity index (χ2n) is 10.2. The van der Waals surface area contributed by atoms with Crippen LogP contribution < -0.4 is 20.1 Å². The van der Waals surface area contributed by atoms with Crippen LogP contribution in [0.3, 0.4) is 0 Å². The number of dihydropyridines is 1. The number of anilines is 1. The van der Waals surface area contributed by atoms with Gasteiger partial charge in [-0.25, -0.2) is 0 Å². The van der Waals surface area contributed by atoms with Crippen molar-refractivity contribution in [2.75, 3.05) is 19.0 Å². The first-order valence-corrected chi connectivity index (χ1v) is 12.3. The highest BCUT2D eigenvalue weighted by molar-refractivity contribution is 6.10. The number of methoxy groups -OCH3 is 1. The number of hydrogen-bond donors (Lipinski definition) is 3. The number of rotatable bonds is 7. The molecule has 1 heterocycles. The van der Waals surface area contributed by atoms with Gasteiger partial charge in [0.1, 0.15) is 5.75 Å². The topological polar surface area (TPSA) is 140 Å². The summed E-state index contributed by atoms with van der Waals surface area (Å²) < 4.78 is 10.7. The van der Waals surface area contributed by atoms with Crippen LogP contribution in [0.5, 0.6) is 17.2 Å². The molecule has 4 rings (SSSR count). The Morgan fingerprint density at radius 2 is 1.92 bits per heavy atom. The molecule has 2 aliphatic rings. The third-order valence-electron chi connectivity index (χ3n) is 6.74. The number of phenolic OH excluding ortho intramolecular Hbond substituents is 1. The maximum Gasteiger partial charge on any atom is 0.314 e. The highest BCUT2D eigenvalue weighted by Crippen LogP contribution is 2.49. The van der Waals surface area contributed by atoms with Crippen LogP contribution in [-0.2, 0) is 9.59 Å². The molecule has 0 unspecified atom stereocenters. The van der Waals surface area contributed by atoms with Crippen LogP contribution in [-0.4, -0.2) is 35.4 Å². The third-order valence-corrected chi connectivity index (χ3v) is 6.74. The maximum absolute atomic E-state index is 13.7. The molecule has 1 amide bonds. The molecule has 0 fully saturated rings. The van der Waals surface area contributed by atoms with E-state index in [1.54, 1.807) is 45.2 Å². The van der Waals surface area contributed by atoms with Crippen LogP contribution in [0.4, 0.5) is 11.4 Å². The van der Waals surface area contributed by atoms with Crippen molar-refractivity contribution in [2.24, 2.45) is 5.41 Å². The number of nitrogens with one attached hydrogen (secondary N) is 2. The highest BCUT2D eigenvalue weighted by Gasteiger charge is 2.43. The minimum atomic E-state index is -0.911. The van der Waals surface area contributed by atoms with Gasteiger partial charge in [-0.15, -0.1) is 0 Å². The number of hydrogen-bond acceptors (Lipinski definition) is 8. The summed E-state index contributed by atoms with van der Waals surface area (Å²) in [6.45, 7) is 7.57. The zero-order valence-electron chi connectivity index (χ0n) is 22.0. The number of benzene rings is 2. The van der Waals surface area contributed by atoms with Crippen LogP contribution in [0.25, 0.3) is 0 Å². The van der Waals surface area contributed by atoms with Crippen molar-refractivity contribution in [3.05, 3.63) is 74.6 Å². The van der Waals surface area contributed by atoms with E-state index in [0.717, 1.165) is 0 Å². The predicted octanol–water partition coefficient (Wildman–Crippen LogP) is 4.95. The fourth-order valence-electron chi connectivity index (χ4n) is 5.13. The van der Waals surface area contributed by atoms with E-state index < -0.39 is 28.2 Å². The Morgan fingerprint density at radius 3 is 2.53 bits per heavy atom. The van der Waals surface area contributed by atoms with Crippen LogP contribution in [0.15, 0.2) is 58.9 Å². The maximum atomic E-state index is 13.7. The van der Waals surface area contributed by atoms with Crippen molar-refractivity contribution in [3.63, 3.8) is 0 Å². The average molecular weight is 522 g/mol. The van der Waals surface area contributed by atoms with E-state index in [2.05, 4.69) is 10.6 Å². The summed E-state index contributed by atoms with van der Waals surface area (Å²) >= 11 is 0. The molecule has 1 aliphatic carbocycles. The number of allylic oxidation sites excluding steroid dienone is 3. The fraction of sp³-hybridized carbons (Fsp3) is 0.357. The van der Waals surface area contributed by atoms with Crippen molar-refractivity contribution >= 4 is 23.1 Å². The van der Waals surface area contributed by atoms with Crippen molar-refractivity contribution in [1.82, 2.24) is 5.32 Å². The zero-order valence-corrected chi connectivity index (χ0v) is 22.0. The molecule has 0 saturated carbocycles. The van der Waals surface area contributed by atoms with Gasteiger partial charge in [0.05, 0.1) is 18.6 Å². The fourth-order valence-corrected chi connectivity index (χ4v) is 5.13. The predicted molar refractivity (Wildman–Crippen MR) is 141 cm³/mol. The quantitative estimate of drug-likeness (QED) is 0.343. The minimum absolute atomic E-state index is 0.0893. The van der Waals surface area contributed by atoms with Gasteiger partial charge in [0, 0.05) is 46.6 Å². The lowest BCUT2D eigenvalue weighted by Crippen LogP contribution is -2.39. The number of nitro groups is 1. The lowest BCUT2D eigenvalue weighted by Gasteiger charge is -2.39. The number of aromatic hydroxyl groups is 1. The number of amides is 1. The first-order chi connectivity index (χ1) is 18.0.